The summed E-state index contributed by atoms with van der Waals surface area (Å²) in [5.41, 5.74) is 0.365. The average molecular weight is 523 g/mol. The molecule has 1 unspecified atom stereocenters. The average Bonchev–Trinajstić information content (AvgIpc) is 2.86. The summed E-state index contributed by atoms with van der Waals surface area (Å²) in [5, 5.41) is 25.2. The molecule has 4 N–H and O–H groups in total. The third-order valence-electron chi connectivity index (χ3n) is 5.41. The number of likely N-dealkylation sites (N-methyl/N-ethyl adjacent to an activating group) is 1. The van der Waals surface area contributed by atoms with Crippen LogP contribution in [0, 0.1) is 11.6 Å². The van der Waals surface area contributed by atoms with Crippen LogP contribution < -0.4 is 10.6 Å². The Kier molecular flexibility index (Phi) is 9.34. The highest BCUT2D eigenvalue weighted by atomic mass is 35.5. The minimum absolute atomic E-state index is 0.0649. The number of urea groups is 1. The van der Waals surface area contributed by atoms with Gasteiger partial charge in [0.05, 0.1) is 23.8 Å². The van der Waals surface area contributed by atoms with Crippen molar-refractivity contribution >= 4 is 40.3 Å². The standard InChI is InChI=1S/C24H25ClF2N4O5/c1-31(23(34)29-11-15-3-2-4-20(27)22(15)25)18(9-19(33)12-32)13-36-24(35)30-21-8-16-7-17(26)6-5-14(16)10-28-21/h2-8,10,18-19,32-33H,9,11-13H2,1H3,(H,29,34)(H,28,30,35)/t18-,19?/m1/s1. The molecule has 3 aromatic rings. The second kappa shape index (κ2) is 12.4. The maximum Gasteiger partial charge on any atom is 0.412 e. The summed E-state index contributed by atoms with van der Waals surface area (Å²) in [7, 11) is 1.41. The zero-order valence-corrected chi connectivity index (χ0v) is 20.0. The number of amides is 3. The van der Waals surface area contributed by atoms with Crippen LogP contribution in [0.4, 0.5) is 24.2 Å². The van der Waals surface area contributed by atoms with Crippen molar-refractivity contribution in [3.05, 3.63) is 70.9 Å². The van der Waals surface area contributed by atoms with Crippen LogP contribution in [0.1, 0.15) is 12.0 Å². The fourth-order valence-electron chi connectivity index (χ4n) is 3.37. The van der Waals surface area contributed by atoms with Gasteiger partial charge in [0, 0.05) is 25.2 Å². The molecule has 1 heterocycles. The van der Waals surface area contributed by atoms with Crippen molar-refractivity contribution < 1.29 is 33.3 Å². The number of hydrogen-bond donors (Lipinski definition) is 4. The van der Waals surface area contributed by atoms with Crippen molar-refractivity contribution in [3.63, 3.8) is 0 Å². The van der Waals surface area contributed by atoms with Crippen LogP contribution in [-0.2, 0) is 11.3 Å². The molecule has 0 radical (unpaired) electrons. The quantitative estimate of drug-likeness (QED) is 0.340. The predicted octanol–water partition coefficient (Wildman–Crippen LogP) is 3.67. The van der Waals surface area contributed by atoms with E-state index in [2.05, 4.69) is 15.6 Å². The van der Waals surface area contributed by atoms with E-state index in [1.54, 1.807) is 12.1 Å². The molecule has 0 fully saturated rings. The van der Waals surface area contributed by atoms with Gasteiger partial charge in [0.2, 0.25) is 0 Å². The Balaban J connectivity index is 1.60. The van der Waals surface area contributed by atoms with Gasteiger partial charge in [0.25, 0.3) is 0 Å². The van der Waals surface area contributed by atoms with Gasteiger partial charge in [-0.15, -0.1) is 0 Å². The van der Waals surface area contributed by atoms with Crippen LogP contribution in [0.5, 0.6) is 0 Å². The molecule has 3 amide bonds. The molecule has 36 heavy (non-hydrogen) atoms. The molecule has 2 aromatic carbocycles. The van der Waals surface area contributed by atoms with E-state index >= 15 is 0 Å². The van der Waals surface area contributed by atoms with Gasteiger partial charge in [-0.1, -0.05) is 23.7 Å². The number of fused-ring (bicyclic) bond motifs is 1. The Labute approximate surface area is 210 Å². The molecule has 9 nitrogen and oxygen atoms in total. The minimum Gasteiger partial charge on any atom is -0.447 e. The van der Waals surface area contributed by atoms with Crippen LogP contribution in [0.2, 0.25) is 5.02 Å². The van der Waals surface area contributed by atoms with Crippen molar-refractivity contribution in [2.45, 2.75) is 25.1 Å². The number of nitrogens with one attached hydrogen (secondary N) is 2. The van der Waals surface area contributed by atoms with E-state index < -0.39 is 42.5 Å². The summed E-state index contributed by atoms with van der Waals surface area (Å²) in [6.45, 7) is -0.949. The van der Waals surface area contributed by atoms with E-state index in [0.717, 1.165) is 0 Å². The number of pyridine rings is 1. The van der Waals surface area contributed by atoms with Crippen molar-refractivity contribution in [1.82, 2.24) is 15.2 Å². The number of aliphatic hydroxyl groups excluding tert-OH is 2. The zero-order chi connectivity index (χ0) is 26.2. The van der Waals surface area contributed by atoms with E-state index in [1.807, 2.05) is 0 Å². The third-order valence-corrected chi connectivity index (χ3v) is 5.83. The first-order valence-electron chi connectivity index (χ1n) is 10.9. The number of ether oxygens (including phenoxy) is 1. The number of halogens is 3. The maximum absolute atomic E-state index is 13.6. The van der Waals surface area contributed by atoms with E-state index in [9.17, 15) is 28.6 Å². The number of hydrogen-bond acceptors (Lipinski definition) is 6. The van der Waals surface area contributed by atoms with Gasteiger partial charge in [0.1, 0.15) is 24.1 Å². The number of aliphatic hydroxyl groups is 2. The van der Waals surface area contributed by atoms with Gasteiger partial charge < -0.3 is 25.2 Å². The number of rotatable bonds is 9. The SMILES string of the molecule is CN(C(=O)NCc1cccc(F)c1Cl)[C@@H](COC(=O)Nc1cc2cc(F)ccc2cn1)CC(O)CO. The Morgan fingerprint density at radius 3 is 2.72 bits per heavy atom. The molecule has 0 bridgehead atoms. The molecule has 1 aromatic heterocycles. The smallest absolute Gasteiger partial charge is 0.412 e. The second-order valence-electron chi connectivity index (χ2n) is 7.99. The highest BCUT2D eigenvalue weighted by Gasteiger charge is 2.25. The summed E-state index contributed by atoms with van der Waals surface area (Å²) in [6, 6.07) is 8.41. The molecule has 2 atom stereocenters. The normalized spacial score (nSPS) is 12.6. The third kappa shape index (κ3) is 7.23. The molecular formula is C24H25ClF2N4O5. The molecule has 0 saturated carbocycles. The first-order chi connectivity index (χ1) is 17.2. The van der Waals surface area contributed by atoms with Gasteiger partial charge in [-0.2, -0.15) is 0 Å². The topological polar surface area (TPSA) is 124 Å². The summed E-state index contributed by atoms with van der Waals surface area (Å²) >= 11 is 5.91. The van der Waals surface area contributed by atoms with Gasteiger partial charge in [-0.3, -0.25) is 5.32 Å². The van der Waals surface area contributed by atoms with Crippen LogP contribution in [0.15, 0.2) is 48.7 Å². The lowest BCUT2D eigenvalue weighted by atomic mass is 10.1. The summed E-state index contributed by atoms with van der Waals surface area (Å²) in [5.74, 6) is -0.928. The lowest BCUT2D eigenvalue weighted by Crippen LogP contribution is -2.47. The Hall–Kier alpha value is -3.54. The van der Waals surface area contributed by atoms with Crippen LogP contribution in [0.3, 0.4) is 0 Å². The van der Waals surface area contributed by atoms with Crippen molar-refractivity contribution in [1.29, 1.82) is 0 Å². The minimum atomic E-state index is -1.17. The fourth-order valence-corrected chi connectivity index (χ4v) is 3.56. The van der Waals surface area contributed by atoms with Gasteiger partial charge in [-0.25, -0.2) is 23.4 Å². The highest BCUT2D eigenvalue weighted by Crippen LogP contribution is 2.20. The van der Waals surface area contributed by atoms with Crippen LogP contribution in [0.25, 0.3) is 10.8 Å². The number of carbonyl (C=O) groups excluding carboxylic acids is 2. The van der Waals surface area contributed by atoms with E-state index in [1.165, 1.54) is 48.5 Å². The largest absolute Gasteiger partial charge is 0.447 e. The van der Waals surface area contributed by atoms with E-state index in [0.29, 0.717) is 16.3 Å². The van der Waals surface area contributed by atoms with Crippen LogP contribution >= 0.6 is 11.6 Å². The molecule has 0 saturated heterocycles. The summed E-state index contributed by atoms with van der Waals surface area (Å²) < 4.78 is 32.3. The number of aromatic nitrogens is 1. The molecule has 0 spiro atoms. The lowest BCUT2D eigenvalue weighted by molar-refractivity contribution is 0.0480. The molecule has 12 heteroatoms. The van der Waals surface area contributed by atoms with Crippen LogP contribution in [-0.4, -0.2) is 64.6 Å². The summed E-state index contributed by atoms with van der Waals surface area (Å²) in [4.78, 5) is 30.2. The summed E-state index contributed by atoms with van der Waals surface area (Å²) in [6.07, 6.45) is -0.691. The van der Waals surface area contributed by atoms with Crippen molar-refractivity contribution in [2.75, 3.05) is 25.6 Å². The molecule has 0 aliphatic carbocycles. The second-order valence-corrected chi connectivity index (χ2v) is 8.37. The van der Waals surface area contributed by atoms with Crippen molar-refractivity contribution in [2.24, 2.45) is 0 Å². The molecule has 192 valence electrons. The first kappa shape index (κ1) is 27.1. The Bertz CT molecular complexity index is 1230. The number of anilines is 1. The first-order valence-corrected chi connectivity index (χ1v) is 11.3. The van der Waals surface area contributed by atoms with Gasteiger partial charge in [-0.05, 0) is 47.7 Å². The van der Waals surface area contributed by atoms with Gasteiger partial charge in [0.15, 0.2) is 0 Å². The lowest BCUT2D eigenvalue weighted by Gasteiger charge is -2.29. The number of benzene rings is 2. The Morgan fingerprint density at radius 2 is 1.97 bits per heavy atom. The van der Waals surface area contributed by atoms with Crippen molar-refractivity contribution in [3.8, 4) is 0 Å². The number of nitrogens with zero attached hydrogens (tertiary/aromatic N) is 2. The molecular weight excluding hydrogens is 498 g/mol. The fraction of sp³-hybridized carbons (Fsp3) is 0.292. The Morgan fingerprint density at radius 1 is 1.19 bits per heavy atom. The predicted molar refractivity (Wildman–Crippen MR) is 130 cm³/mol. The molecule has 3 rings (SSSR count). The monoisotopic (exact) mass is 522 g/mol. The zero-order valence-electron chi connectivity index (χ0n) is 19.2. The van der Waals surface area contributed by atoms with Gasteiger partial charge >= 0.3 is 12.1 Å². The van der Waals surface area contributed by atoms with E-state index in [-0.39, 0.29) is 30.4 Å². The highest BCUT2D eigenvalue weighted by molar-refractivity contribution is 6.31. The molecule has 0 aliphatic rings. The maximum atomic E-state index is 13.6. The van der Waals surface area contributed by atoms with E-state index in [4.69, 9.17) is 16.3 Å². The molecule has 0 aliphatic heterocycles. The number of carbonyl (C=O) groups is 2.